The number of aromatic nitrogens is 1. The van der Waals surface area contributed by atoms with Gasteiger partial charge in [0.2, 0.25) is 0 Å². The monoisotopic (exact) mass is 214 g/mol. The average molecular weight is 214 g/mol. The van der Waals surface area contributed by atoms with Crippen molar-refractivity contribution in [1.29, 1.82) is 0 Å². The molecule has 1 atom stereocenters. The van der Waals surface area contributed by atoms with Gasteiger partial charge < -0.3 is 10.4 Å². The molecule has 2 N–H and O–H groups in total. The van der Waals surface area contributed by atoms with Crippen LogP contribution in [0.1, 0.15) is 30.3 Å². The van der Waals surface area contributed by atoms with Crippen molar-refractivity contribution in [1.82, 2.24) is 4.98 Å². The first-order chi connectivity index (χ1) is 6.63. The lowest BCUT2D eigenvalue weighted by molar-refractivity contribution is 0.164. The Morgan fingerprint density at radius 3 is 2.71 bits per heavy atom. The summed E-state index contributed by atoms with van der Waals surface area (Å²) >= 11 is 1.67. The number of aryl methyl sites for hydroxylation is 2. The fourth-order valence-corrected chi connectivity index (χ4v) is 1.94. The smallest absolute Gasteiger partial charge is 0.183 e. The molecule has 14 heavy (non-hydrogen) atoms. The summed E-state index contributed by atoms with van der Waals surface area (Å²) in [5.41, 5.74) is 1.09. The van der Waals surface area contributed by atoms with Crippen LogP contribution in [-0.4, -0.2) is 22.7 Å². The topological polar surface area (TPSA) is 45.1 Å². The number of anilines is 1. The van der Waals surface area contributed by atoms with Crippen molar-refractivity contribution in [2.75, 3.05) is 11.9 Å². The van der Waals surface area contributed by atoms with Crippen LogP contribution in [-0.2, 0) is 0 Å². The summed E-state index contributed by atoms with van der Waals surface area (Å²) in [7, 11) is 0. The van der Waals surface area contributed by atoms with Crippen molar-refractivity contribution >= 4 is 16.5 Å². The normalized spacial score (nSPS) is 12.9. The van der Waals surface area contributed by atoms with Gasteiger partial charge in [-0.05, 0) is 26.7 Å². The molecule has 1 aromatic heterocycles. The van der Waals surface area contributed by atoms with Gasteiger partial charge in [-0.1, -0.05) is 6.92 Å². The molecule has 0 saturated heterocycles. The summed E-state index contributed by atoms with van der Waals surface area (Å²) in [6.45, 7) is 6.86. The van der Waals surface area contributed by atoms with Crippen molar-refractivity contribution in [2.45, 2.75) is 39.7 Å². The van der Waals surface area contributed by atoms with Gasteiger partial charge in [0.1, 0.15) is 0 Å². The Balaban J connectivity index is 2.31. The molecule has 0 bridgehead atoms. The summed E-state index contributed by atoms with van der Waals surface area (Å²) < 4.78 is 0. The maximum absolute atomic E-state index is 9.34. The van der Waals surface area contributed by atoms with Gasteiger partial charge in [0.25, 0.3) is 0 Å². The fourth-order valence-electron chi connectivity index (χ4n) is 1.10. The fraction of sp³-hybridized carbons (Fsp3) is 0.700. The van der Waals surface area contributed by atoms with Gasteiger partial charge in [-0.15, -0.1) is 11.3 Å². The summed E-state index contributed by atoms with van der Waals surface area (Å²) in [5, 5.41) is 13.5. The Morgan fingerprint density at radius 1 is 1.50 bits per heavy atom. The molecular formula is C10H18N2OS. The number of nitrogens with zero attached hydrogens (tertiary/aromatic N) is 1. The summed E-state index contributed by atoms with van der Waals surface area (Å²) in [5.74, 6) is 0. The lowest BCUT2D eigenvalue weighted by Crippen LogP contribution is -2.12. The Kier molecular flexibility index (Phi) is 4.35. The molecule has 80 valence electrons. The van der Waals surface area contributed by atoms with E-state index in [4.69, 9.17) is 0 Å². The lowest BCUT2D eigenvalue weighted by atomic mass is 10.2. The van der Waals surface area contributed by atoms with E-state index in [0.717, 1.165) is 30.2 Å². The molecule has 1 aromatic rings. The van der Waals surface area contributed by atoms with E-state index in [0.29, 0.717) is 0 Å². The number of rotatable bonds is 5. The van der Waals surface area contributed by atoms with Crippen LogP contribution in [0.25, 0.3) is 0 Å². The maximum Gasteiger partial charge on any atom is 0.183 e. The highest BCUT2D eigenvalue weighted by atomic mass is 32.1. The third-order valence-electron chi connectivity index (χ3n) is 2.25. The molecular weight excluding hydrogens is 196 g/mol. The highest BCUT2D eigenvalue weighted by molar-refractivity contribution is 7.15. The minimum absolute atomic E-state index is 0.190. The van der Waals surface area contributed by atoms with Crippen LogP contribution in [0.4, 0.5) is 5.13 Å². The van der Waals surface area contributed by atoms with Gasteiger partial charge in [0, 0.05) is 11.4 Å². The third kappa shape index (κ3) is 3.27. The van der Waals surface area contributed by atoms with E-state index in [1.807, 2.05) is 13.8 Å². The Bertz CT molecular complexity index is 266. The maximum atomic E-state index is 9.34. The SMILES string of the molecule is CCC(O)CCNc1nc(C)c(C)s1. The zero-order valence-corrected chi connectivity index (χ0v) is 9.82. The van der Waals surface area contributed by atoms with Gasteiger partial charge in [-0.2, -0.15) is 0 Å². The van der Waals surface area contributed by atoms with Crippen molar-refractivity contribution in [3.63, 3.8) is 0 Å². The number of hydrogen-bond acceptors (Lipinski definition) is 4. The number of thiazole rings is 1. The first-order valence-corrected chi connectivity index (χ1v) is 5.81. The summed E-state index contributed by atoms with van der Waals surface area (Å²) in [6.07, 6.45) is 1.41. The van der Waals surface area contributed by atoms with Crippen LogP contribution >= 0.6 is 11.3 Å². The summed E-state index contributed by atoms with van der Waals surface area (Å²) in [6, 6.07) is 0. The van der Waals surface area contributed by atoms with E-state index < -0.39 is 0 Å². The molecule has 0 aliphatic heterocycles. The van der Waals surface area contributed by atoms with E-state index in [9.17, 15) is 5.11 Å². The van der Waals surface area contributed by atoms with E-state index in [2.05, 4.69) is 17.2 Å². The minimum atomic E-state index is -0.190. The Labute approximate surface area is 89.2 Å². The van der Waals surface area contributed by atoms with Gasteiger partial charge in [0.05, 0.1) is 11.8 Å². The van der Waals surface area contributed by atoms with Crippen molar-refractivity contribution < 1.29 is 5.11 Å². The standard InChI is InChI=1S/C10H18N2OS/c1-4-9(13)5-6-11-10-12-7(2)8(3)14-10/h9,13H,4-6H2,1-3H3,(H,11,12). The molecule has 0 aliphatic rings. The number of aliphatic hydroxyl groups is 1. The van der Waals surface area contributed by atoms with Gasteiger partial charge >= 0.3 is 0 Å². The second-order valence-electron chi connectivity index (χ2n) is 3.44. The van der Waals surface area contributed by atoms with Crippen LogP contribution < -0.4 is 5.32 Å². The largest absolute Gasteiger partial charge is 0.393 e. The zero-order valence-electron chi connectivity index (χ0n) is 9.00. The van der Waals surface area contributed by atoms with E-state index >= 15 is 0 Å². The van der Waals surface area contributed by atoms with Crippen molar-refractivity contribution in [2.24, 2.45) is 0 Å². The lowest BCUT2D eigenvalue weighted by Gasteiger charge is -2.07. The zero-order chi connectivity index (χ0) is 10.6. The van der Waals surface area contributed by atoms with Gasteiger partial charge in [-0.25, -0.2) is 4.98 Å². The van der Waals surface area contributed by atoms with Crippen LogP contribution in [0.3, 0.4) is 0 Å². The third-order valence-corrected chi connectivity index (χ3v) is 3.28. The minimum Gasteiger partial charge on any atom is -0.393 e. The first kappa shape index (κ1) is 11.5. The molecule has 1 unspecified atom stereocenters. The average Bonchev–Trinajstić information content (AvgIpc) is 2.46. The predicted molar refractivity (Wildman–Crippen MR) is 61.0 cm³/mol. The molecule has 0 spiro atoms. The molecule has 0 aliphatic carbocycles. The van der Waals surface area contributed by atoms with Crippen molar-refractivity contribution in [3.05, 3.63) is 10.6 Å². The van der Waals surface area contributed by atoms with Gasteiger partial charge in [0.15, 0.2) is 5.13 Å². The summed E-state index contributed by atoms with van der Waals surface area (Å²) in [4.78, 5) is 5.61. The first-order valence-electron chi connectivity index (χ1n) is 4.99. The molecule has 1 heterocycles. The number of aliphatic hydroxyl groups excluding tert-OH is 1. The number of hydrogen-bond donors (Lipinski definition) is 2. The molecule has 0 radical (unpaired) electrons. The van der Waals surface area contributed by atoms with E-state index in [1.54, 1.807) is 11.3 Å². The molecule has 3 nitrogen and oxygen atoms in total. The van der Waals surface area contributed by atoms with E-state index in [-0.39, 0.29) is 6.10 Å². The van der Waals surface area contributed by atoms with Gasteiger partial charge in [-0.3, -0.25) is 0 Å². The second kappa shape index (κ2) is 5.32. The molecule has 0 amide bonds. The van der Waals surface area contributed by atoms with Crippen LogP contribution in [0.5, 0.6) is 0 Å². The predicted octanol–water partition coefficient (Wildman–Crippen LogP) is 2.33. The Hall–Kier alpha value is -0.610. The number of nitrogens with one attached hydrogen (secondary N) is 1. The van der Waals surface area contributed by atoms with Crippen LogP contribution in [0.2, 0.25) is 0 Å². The highest BCUT2D eigenvalue weighted by Crippen LogP contribution is 2.20. The molecule has 4 heteroatoms. The van der Waals surface area contributed by atoms with Crippen LogP contribution in [0.15, 0.2) is 0 Å². The Morgan fingerprint density at radius 2 is 2.21 bits per heavy atom. The molecule has 0 fully saturated rings. The molecule has 0 aromatic carbocycles. The highest BCUT2D eigenvalue weighted by Gasteiger charge is 2.04. The van der Waals surface area contributed by atoms with E-state index in [1.165, 1.54) is 4.88 Å². The molecule has 1 rings (SSSR count). The van der Waals surface area contributed by atoms with Crippen LogP contribution in [0, 0.1) is 13.8 Å². The molecule has 0 saturated carbocycles. The quantitative estimate of drug-likeness (QED) is 0.790. The second-order valence-corrected chi connectivity index (χ2v) is 4.64. The van der Waals surface area contributed by atoms with Crippen molar-refractivity contribution in [3.8, 4) is 0 Å².